The van der Waals surface area contributed by atoms with Crippen molar-refractivity contribution >= 4 is 5.69 Å². The van der Waals surface area contributed by atoms with Crippen LogP contribution in [-0.4, -0.2) is 4.98 Å². The van der Waals surface area contributed by atoms with Gasteiger partial charge in [0.15, 0.2) is 0 Å². The molecular weight excluding hydrogens is 186 g/mol. The minimum absolute atomic E-state index is 0.584. The van der Waals surface area contributed by atoms with Crippen LogP contribution in [0, 0.1) is 11.3 Å². The largest absolute Gasteiger partial charge is 0.397 e. The lowest BCUT2D eigenvalue weighted by atomic mass is 10.0. The lowest BCUT2D eigenvalue weighted by Gasteiger charge is -2.05. The lowest BCUT2D eigenvalue weighted by Crippen LogP contribution is -1.94. The maximum Gasteiger partial charge on any atom is 0.0998 e. The van der Waals surface area contributed by atoms with Gasteiger partial charge in [0.25, 0.3) is 0 Å². The van der Waals surface area contributed by atoms with Gasteiger partial charge in [-0.1, -0.05) is 18.2 Å². The minimum atomic E-state index is 0.584. The van der Waals surface area contributed by atoms with Gasteiger partial charge in [-0.2, -0.15) is 5.26 Å². The molecule has 0 aliphatic carbocycles. The molecule has 0 amide bonds. The molecule has 0 saturated carbocycles. The number of nitrogen functional groups attached to an aromatic ring is 1. The molecule has 2 rings (SSSR count). The van der Waals surface area contributed by atoms with Gasteiger partial charge in [0.05, 0.1) is 23.0 Å². The smallest absolute Gasteiger partial charge is 0.0998 e. The molecule has 0 aliphatic heterocycles. The predicted octanol–water partition coefficient (Wildman–Crippen LogP) is 2.20. The van der Waals surface area contributed by atoms with Crippen molar-refractivity contribution in [3.63, 3.8) is 0 Å². The van der Waals surface area contributed by atoms with E-state index in [1.54, 1.807) is 24.4 Å². The molecule has 2 N–H and O–H groups in total. The number of aromatic nitrogens is 1. The van der Waals surface area contributed by atoms with Crippen molar-refractivity contribution < 1.29 is 0 Å². The van der Waals surface area contributed by atoms with Crippen LogP contribution >= 0.6 is 0 Å². The number of rotatable bonds is 1. The third kappa shape index (κ3) is 1.65. The average Bonchev–Trinajstić information content (AvgIpc) is 2.30. The number of nitrogens with two attached hydrogens (primary N) is 1. The van der Waals surface area contributed by atoms with E-state index in [2.05, 4.69) is 11.1 Å². The van der Waals surface area contributed by atoms with Crippen LogP contribution < -0.4 is 5.73 Å². The lowest BCUT2D eigenvalue weighted by molar-refractivity contribution is 1.32. The molecule has 0 saturated heterocycles. The van der Waals surface area contributed by atoms with E-state index in [1.807, 2.05) is 18.2 Å². The number of hydrogen-bond acceptors (Lipinski definition) is 3. The number of nitriles is 1. The van der Waals surface area contributed by atoms with Crippen LogP contribution in [0.2, 0.25) is 0 Å². The summed E-state index contributed by atoms with van der Waals surface area (Å²) in [6.07, 6.45) is 1.67. The molecule has 3 heteroatoms. The van der Waals surface area contributed by atoms with Crippen molar-refractivity contribution in [3.8, 4) is 17.3 Å². The summed E-state index contributed by atoms with van der Waals surface area (Å²) < 4.78 is 0. The first kappa shape index (κ1) is 9.22. The second kappa shape index (κ2) is 3.81. The number of benzene rings is 1. The molecule has 0 radical (unpaired) electrons. The molecule has 0 spiro atoms. The van der Waals surface area contributed by atoms with Gasteiger partial charge in [-0.25, -0.2) is 0 Å². The standard InChI is InChI=1S/C12H9N3/c13-8-9-4-1-2-5-10(9)12-11(14)6-3-7-15-12/h1-7H,14H2. The summed E-state index contributed by atoms with van der Waals surface area (Å²) >= 11 is 0. The molecule has 0 fully saturated rings. The average molecular weight is 195 g/mol. The van der Waals surface area contributed by atoms with Crippen LogP contribution in [0.25, 0.3) is 11.3 Å². The maximum absolute atomic E-state index is 8.95. The van der Waals surface area contributed by atoms with Crippen molar-refractivity contribution in [1.82, 2.24) is 4.98 Å². The first-order valence-corrected chi connectivity index (χ1v) is 4.53. The van der Waals surface area contributed by atoms with Crippen LogP contribution in [0.4, 0.5) is 5.69 Å². The number of nitrogens with zero attached hydrogens (tertiary/aromatic N) is 2. The highest BCUT2D eigenvalue weighted by molar-refractivity contribution is 5.76. The summed E-state index contributed by atoms with van der Waals surface area (Å²) in [5.74, 6) is 0. The Hall–Kier alpha value is -2.34. The maximum atomic E-state index is 8.95. The van der Waals surface area contributed by atoms with Gasteiger partial charge < -0.3 is 5.73 Å². The predicted molar refractivity (Wildman–Crippen MR) is 58.8 cm³/mol. The zero-order valence-corrected chi connectivity index (χ0v) is 8.01. The fraction of sp³-hybridized carbons (Fsp3) is 0. The minimum Gasteiger partial charge on any atom is -0.397 e. The molecule has 15 heavy (non-hydrogen) atoms. The van der Waals surface area contributed by atoms with E-state index in [1.165, 1.54) is 0 Å². The van der Waals surface area contributed by atoms with Crippen LogP contribution in [0.5, 0.6) is 0 Å². The molecule has 3 nitrogen and oxygen atoms in total. The van der Waals surface area contributed by atoms with Gasteiger partial charge in [-0.3, -0.25) is 4.98 Å². The highest BCUT2D eigenvalue weighted by atomic mass is 14.7. The van der Waals surface area contributed by atoms with Gasteiger partial charge in [0.1, 0.15) is 0 Å². The van der Waals surface area contributed by atoms with Gasteiger partial charge in [-0.15, -0.1) is 0 Å². The van der Waals surface area contributed by atoms with Crippen molar-refractivity contribution in [3.05, 3.63) is 48.2 Å². The number of pyridine rings is 1. The zero-order chi connectivity index (χ0) is 10.7. The third-order valence-corrected chi connectivity index (χ3v) is 2.14. The second-order valence-corrected chi connectivity index (χ2v) is 3.10. The summed E-state index contributed by atoms with van der Waals surface area (Å²) in [7, 11) is 0. The molecule has 1 aromatic heterocycles. The molecule has 1 heterocycles. The Morgan fingerprint density at radius 1 is 1.13 bits per heavy atom. The Morgan fingerprint density at radius 3 is 2.67 bits per heavy atom. The van der Waals surface area contributed by atoms with E-state index in [9.17, 15) is 0 Å². The number of anilines is 1. The first-order chi connectivity index (χ1) is 7.33. The van der Waals surface area contributed by atoms with Crippen molar-refractivity contribution in [2.75, 3.05) is 5.73 Å². The van der Waals surface area contributed by atoms with E-state index in [0.717, 1.165) is 5.56 Å². The van der Waals surface area contributed by atoms with Crippen molar-refractivity contribution in [2.24, 2.45) is 0 Å². The molecule has 0 atom stereocenters. The normalized spacial score (nSPS) is 9.53. The molecule has 2 aromatic rings. The van der Waals surface area contributed by atoms with Gasteiger partial charge in [0, 0.05) is 11.8 Å². The fourth-order valence-electron chi connectivity index (χ4n) is 1.43. The van der Waals surface area contributed by atoms with Crippen LogP contribution in [0.3, 0.4) is 0 Å². The SMILES string of the molecule is N#Cc1ccccc1-c1ncccc1N. The number of hydrogen-bond donors (Lipinski definition) is 1. The Balaban J connectivity index is 2.65. The molecule has 0 aliphatic rings. The summed E-state index contributed by atoms with van der Waals surface area (Å²) in [5, 5.41) is 8.95. The summed E-state index contributed by atoms with van der Waals surface area (Å²) in [4.78, 5) is 4.18. The first-order valence-electron chi connectivity index (χ1n) is 4.53. The Morgan fingerprint density at radius 2 is 1.93 bits per heavy atom. The highest BCUT2D eigenvalue weighted by Gasteiger charge is 2.07. The van der Waals surface area contributed by atoms with Gasteiger partial charge >= 0.3 is 0 Å². The van der Waals surface area contributed by atoms with Crippen LogP contribution in [0.15, 0.2) is 42.6 Å². The monoisotopic (exact) mass is 195 g/mol. The van der Waals surface area contributed by atoms with E-state index in [-0.39, 0.29) is 0 Å². The summed E-state index contributed by atoms with van der Waals surface area (Å²) in [6.45, 7) is 0. The second-order valence-electron chi connectivity index (χ2n) is 3.10. The van der Waals surface area contributed by atoms with E-state index >= 15 is 0 Å². The quantitative estimate of drug-likeness (QED) is 0.758. The Kier molecular flexibility index (Phi) is 2.34. The van der Waals surface area contributed by atoms with Gasteiger partial charge in [-0.05, 0) is 18.2 Å². The molecular formula is C12H9N3. The molecule has 0 bridgehead atoms. The molecule has 1 aromatic carbocycles. The zero-order valence-electron chi connectivity index (χ0n) is 8.01. The Bertz CT molecular complexity index is 526. The van der Waals surface area contributed by atoms with E-state index in [0.29, 0.717) is 16.9 Å². The van der Waals surface area contributed by atoms with Gasteiger partial charge in [0.2, 0.25) is 0 Å². The fourth-order valence-corrected chi connectivity index (χ4v) is 1.43. The van der Waals surface area contributed by atoms with E-state index < -0.39 is 0 Å². The highest BCUT2D eigenvalue weighted by Crippen LogP contribution is 2.25. The topological polar surface area (TPSA) is 62.7 Å². The van der Waals surface area contributed by atoms with E-state index in [4.69, 9.17) is 11.0 Å². The summed E-state index contributed by atoms with van der Waals surface area (Å²) in [5.41, 5.74) is 8.41. The third-order valence-electron chi connectivity index (χ3n) is 2.14. The molecule has 0 unspecified atom stereocenters. The van der Waals surface area contributed by atoms with Crippen molar-refractivity contribution in [2.45, 2.75) is 0 Å². The van der Waals surface area contributed by atoms with Crippen LogP contribution in [0.1, 0.15) is 5.56 Å². The summed E-state index contributed by atoms with van der Waals surface area (Å²) in [6, 6.07) is 13.0. The molecule has 72 valence electrons. The van der Waals surface area contributed by atoms with Crippen LogP contribution in [-0.2, 0) is 0 Å². The van der Waals surface area contributed by atoms with Crippen molar-refractivity contribution in [1.29, 1.82) is 5.26 Å². The Labute approximate surface area is 87.8 Å².